The molecular weight excluding hydrogens is 388 g/mol. The van der Waals surface area contributed by atoms with E-state index in [4.69, 9.17) is 9.97 Å². The number of hydrogen-bond donors (Lipinski definition) is 1. The molecule has 0 saturated carbocycles. The zero-order valence-electron chi connectivity index (χ0n) is 16.4. The Morgan fingerprint density at radius 2 is 1.19 bits per heavy atom. The van der Waals surface area contributed by atoms with Gasteiger partial charge in [-0.3, -0.25) is 14.3 Å². The monoisotopic (exact) mass is 404 g/mol. The molecule has 0 saturated heterocycles. The minimum atomic E-state index is -0.532. The fraction of sp³-hybridized carbons (Fsp3) is 0.0400. The summed E-state index contributed by atoms with van der Waals surface area (Å²) in [5, 5.41) is 3.96. The third-order valence-electron chi connectivity index (χ3n) is 5.65. The van der Waals surface area contributed by atoms with E-state index in [0.717, 1.165) is 27.1 Å². The van der Waals surface area contributed by atoms with E-state index in [2.05, 4.69) is 11.1 Å². The van der Waals surface area contributed by atoms with E-state index in [-0.39, 0.29) is 11.2 Å². The Labute approximate surface area is 175 Å². The molecule has 0 bridgehead atoms. The topological polar surface area (TPSA) is 80.6 Å². The minimum absolute atomic E-state index is 0.156. The summed E-state index contributed by atoms with van der Waals surface area (Å²) in [7, 11) is 0. The van der Waals surface area contributed by atoms with Crippen LogP contribution >= 0.6 is 0 Å². The van der Waals surface area contributed by atoms with E-state index in [9.17, 15) is 9.59 Å². The molecule has 2 aromatic heterocycles. The van der Waals surface area contributed by atoms with Gasteiger partial charge in [0.15, 0.2) is 11.2 Å². The van der Waals surface area contributed by atoms with Crippen molar-refractivity contribution in [2.45, 2.75) is 6.54 Å². The lowest BCUT2D eigenvalue weighted by Crippen LogP contribution is -2.31. The quantitative estimate of drug-likeness (QED) is 0.350. The Kier molecular flexibility index (Phi) is 3.73. The fourth-order valence-electron chi connectivity index (χ4n) is 4.22. The molecule has 31 heavy (non-hydrogen) atoms. The van der Waals surface area contributed by atoms with Gasteiger partial charge in [-0.05, 0) is 16.3 Å². The third-order valence-corrected chi connectivity index (χ3v) is 5.65. The Balaban J connectivity index is 1.80. The SMILES string of the molecule is O=c1[nH]c(=O)n(Cc2ccccc2)c2nc3c4ccccc4c4ccccc4c3nc12. The van der Waals surface area contributed by atoms with E-state index in [1.807, 2.05) is 72.8 Å². The maximum atomic E-state index is 12.7. The first-order valence-electron chi connectivity index (χ1n) is 9.99. The highest BCUT2D eigenvalue weighted by Gasteiger charge is 2.16. The van der Waals surface area contributed by atoms with Crippen LogP contribution in [0.5, 0.6) is 0 Å². The summed E-state index contributed by atoms with van der Waals surface area (Å²) in [4.78, 5) is 37.4. The second-order valence-corrected chi connectivity index (χ2v) is 7.52. The van der Waals surface area contributed by atoms with Crippen LogP contribution in [-0.2, 0) is 6.54 Å². The number of rotatable bonds is 2. The zero-order valence-corrected chi connectivity index (χ0v) is 16.4. The molecule has 0 spiro atoms. The van der Waals surface area contributed by atoms with Gasteiger partial charge in [-0.15, -0.1) is 0 Å². The number of aromatic amines is 1. The standard InChI is InChI=1S/C25H16N4O2/c30-24-22-23(29(25(31)28-24)14-15-8-2-1-3-9-15)27-21-19-13-7-5-11-17(19)16-10-4-6-12-18(16)20(21)26-22/h1-13H,14H2,(H,28,30,31). The number of fused-ring (bicyclic) bond motifs is 7. The Morgan fingerprint density at radius 3 is 1.84 bits per heavy atom. The second-order valence-electron chi connectivity index (χ2n) is 7.52. The molecule has 148 valence electrons. The molecule has 6 nitrogen and oxygen atoms in total. The molecule has 1 N–H and O–H groups in total. The molecule has 2 heterocycles. The lowest BCUT2D eigenvalue weighted by atomic mass is 9.99. The molecule has 0 amide bonds. The maximum absolute atomic E-state index is 12.7. The molecule has 6 heteroatoms. The molecule has 0 aliphatic rings. The molecule has 0 aliphatic carbocycles. The van der Waals surface area contributed by atoms with Gasteiger partial charge in [-0.1, -0.05) is 78.9 Å². The number of nitrogens with zero attached hydrogens (tertiary/aromatic N) is 3. The van der Waals surface area contributed by atoms with Crippen molar-refractivity contribution in [1.82, 2.24) is 19.5 Å². The van der Waals surface area contributed by atoms with Crippen LogP contribution in [-0.4, -0.2) is 19.5 Å². The summed E-state index contributed by atoms with van der Waals surface area (Å²) in [5.74, 6) is 0. The van der Waals surface area contributed by atoms with Gasteiger partial charge in [0, 0.05) is 10.8 Å². The first kappa shape index (κ1) is 17.5. The molecule has 0 radical (unpaired) electrons. The lowest BCUT2D eigenvalue weighted by Gasteiger charge is -2.12. The normalized spacial score (nSPS) is 11.6. The van der Waals surface area contributed by atoms with Crippen molar-refractivity contribution >= 4 is 43.7 Å². The summed E-state index contributed by atoms with van der Waals surface area (Å²) < 4.78 is 1.47. The van der Waals surface area contributed by atoms with Gasteiger partial charge in [-0.2, -0.15) is 0 Å². The van der Waals surface area contributed by atoms with E-state index in [0.29, 0.717) is 17.6 Å². The highest BCUT2D eigenvalue weighted by atomic mass is 16.2. The van der Waals surface area contributed by atoms with Crippen LogP contribution in [0.3, 0.4) is 0 Å². The van der Waals surface area contributed by atoms with E-state index in [1.54, 1.807) is 0 Å². The molecule has 0 atom stereocenters. The van der Waals surface area contributed by atoms with Crippen LogP contribution in [0, 0.1) is 0 Å². The van der Waals surface area contributed by atoms with Crippen molar-refractivity contribution in [3.8, 4) is 0 Å². The lowest BCUT2D eigenvalue weighted by molar-refractivity contribution is 0.746. The van der Waals surface area contributed by atoms with Crippen LogP contribution in [0.4, 0.5) is 0 Å². The largest absolute Gasteiger partial charge is 0.330 e. The molecule has 4 aromatic carbocycles. The predicted octanol–water partition coefficient (Wildman–Crippen LogP) is 3.99. The van der Waals surface area contributed by atoms with E-state index >= 15 is 0 Å². The van der Waals surface area contributed by atoms with Crippen molar-refractivity contribution in [1.29, 1.82) is 0 Å². The van der Waals surface area contributed by atoms with Crippen molar-refractivity contribution in [3.63, 3.8) is 0 Å². The average Bonchev–Trinajstić information content (AvgIpc) is 2.82. The molecule has 6 rings (SSSR count). The van der Waals surface area contributed by atoms with Crippen LogP contribution in [0.2, 0.25) is 0 Å². The van der Waals surface area contributed by atoms with Crippen molar-refractivity contribution in [2.75, 3.05) is 0 Å². The van der Waals surface area contributed by atoms with Crippen LogP contribution in [0.1, 0.15) is 5.56 Å². The van der Waals surface area contributed by atoms with Gasteiger partial charge >= 0.3 is 5.69 Å². The third kappa shape index (κ3) is 2.65. The van der Waals surface area contributed by atoms with Crippen molar-refractivity contribution in [2.24, 2.45) is 0 Å². The Hall–Kier alpha value is -4.32. The highest BCUT2D eigenvalue weighted by Crippen LogP contribution is 2.33. The smallest absolute Gasteiger partial charge is 0.272 e. The number of aromatic nitrogens is 4. The summed E-state index contributed by atoms with van der Waals surface area (Å²) in [6.07, 6.45) is 0. The molecule has 6 aromatic rings. The highest BCUT2D eigenvalue weighted by molar-refractivity contribution is 6.23. The fourth-order valence-corrected chi connectivity index (χ4v) is 4.22. The number of nitrogens with one attached hydrogen (secondary N) is 1. The van der Waals surface area contributed by atoms with Gasteiger partial charge in [0.2, 0.25) is 0 Å². The number of benzene rings is 4. The van der Waals surface area contributed by atoms with Gasteiger partial charge in [0.25, 0.3) is 5.56 Å². The molecule has 0 unspecified atom stereocenters. The van der Waals surface area contributed by atoms with Crippen LogP contribution in [0.15, 0.2) is 88.5 Å². The molecular formula is C25H16N4O2. The van der Waals surface area contributed by atoms with Gasteiger partial charge < -0.3 is 0 Å². The van der Waals surface area contributed by atoms with E-state index < -0.39 is 11.2 Å². The van der Waals surface area contributed by atoms with Gasteiger partial charge in [0.05, 0.1) is 17.6 Å². The molecule has 0 aliphatic heterocycles. The van der Waals surface area contributed by atoms with Crippen LogP contribution < -0.4 is 11.2 Å². The second kappa shape index (κ2) is 6.60. The maximum Gasteiger partial charge on any atom is 0.330 e. The summed E-state index contributed by atoms with van der Waals surface area (Å²) >= 11 is 0. The Morgan fingerprint density at radius 1 is 0.645 bits per heavy atom. The summed E-state index contributed by atoms with van der Waals surface area (Å²) in [6, 6.07) is 25.6. The predicted molar refractivity (Wildman–Crippen MR) is 122 cm³/mol. The van der Waals surface area contributed by atoms with Crippen molar-refractivity contribution < 1.29 is 0 Å². The summed E-state index contributed by atoms with van der Waals surface area (Å²) in [5.41, 5.74) is 1.67. The van der Waals surface area contributed by atoms with Crippen molar-refractivity contribution in [3.05, 3.63) is 105 Å². The first-order chi connectivity index (χ1) is 15.2. The van der Waals surface area contributed by atoms with E-state index in [1.165, 1.54) is 4.57 Å². The van der Waals surface area contributed by atoms with Crippen LogP contribution in [0.25, 0.3) is 43.7 Å². The minimum Gasteiger partial charge on any atom is -0.272 e. The Bertz CT molecular complexity index is 1750. The average molecular weight is 404 g/mol. The molecule has 0 fully saturated rings. The number of hydrogen-bond acceptors (Lipinski definition) is 4. The summed E-state index contributed by atoms with van der Waals surface area (Å²) in [6.45, 7) is 0.290. The van der Waals surface area contributed by atoms with Gasteiger partial charge in [-0.25, -0.2) is 14.8 Å². The zero-order chi connectivity index (χ0) is 20.9. The number of H-pyrrole nitrogens is 1. The first-order valence-corrected chi connectivity index (χ1v) is 9.99. The van der Waals surface area contributed by atoms with Gasteiger partial charge in [0.1, 0.15) is 0 Å².